The number of rotatable bonds is 4. The van der Waals surface area contributed by atoms with Crippen LogP contribution in [0.1, 0.15) is 45.5 Å². The molecule has 1 aliphatic rings. The molecule has 1 aromatic carbocycles. The second kappa shape index (κ2) is 8.01. The second-order valence-electron chi connectivity index (χ2n) is 8.45. The quantitative estimate of drug-likeness (QED) is 0.758. The molecule has 1 aromatic heterocycles. The maximum atomic E-state index is 14.8. The number of hydrogen-bond donors (Lipinski definition) is 2. The molecule has 0 spiro atoms. The van der Waals surface area contributed by atoms with E-state index in [9.17, 15) is 19.4 Å². The van der Waals surface area contributed by atoms with Crippen LogP contribution in [-0.2, 0) is 5.60 Å². The third-order valence-electron chi connectivity index (χ3n) is 5.37. The molecule has 1 fully saturated rings. The van der Waals surface area contributed by atoms with Crippen LogP contribution in [0.2, 0.25) is 0 Å². The number of piperidine rings is 1. The summed E-state index contributed by atoms with van der Waals surface area (Å²) in [5.41, 5.74) is -1.09. The monoisotopic (exact) mass is 421 g/mol. The van der Waals surface area contributed by atoms with Gasteiger partial charge in [0.15, 0.2) is 0 Å². The lowest BCUT2D eigenvalue weighted by Crippen LogP contribution is -2.45. The van der Waals surface area contributed by atoms with Crippen LogP contribution in [0.5, 0.6) is 0 Å². The van der Waals surface area contributed by atoms with Crippen molar-refractivity contribution in [2.24, 2.45) is 0 Å². The van der Waals surface area contributed by atoms with E-state index in [-0.39, 0.29) is 5.69 Å². The van der Waals surface area contributed by atoms with E-state index in [1.165, 1.54) is 23.5 Å². The van der Waals surface area contributed by atoms with E-state index in [4.69, 9.17) is 0 Å². The average Bonchev–Trinajstić information content (AvgIpc) is 3.13. The first-order chi connectivity index (χ1) is 13.5. The summed E-state index contributed by atoms with van der Waals surface area (Å²) >= 11 is 1.36. The predicted molar refractivity (Wildman–Crippen MR) is 113 cm³/mol. The summed E-state index contributed by atoms with van der Waals surface area (Å²) in [4.78, 5) is 20.1. The number of halogens is 1. The molecule has 1 aliphatic heterocycles. The highest BCUT2D eigenvalue weighted by Gasteiger charge is 2.36. The number of likely N-dealkylation sites (tertiary alicyclic amines) is 1. The van der Waals surface area contributed by atoms with Gasteiger partial charge in [0.1, 0.15) is 16.4 Å². The first-order valence-electron chi connectivity index (χ1n) is 9.79. The van der Waals surface area contributed by atoms with E-state index in [0.29, 0.717) is 23.4 Å². The van der Waals surface area contributed by atoms with Gasteiger partial charge in [-0.1, -0.05) is 13.0 Å². The molecule has 2 heterocycles. The van der Waals surface area contributed by atoms with E-state index in [1.807, 2.05) is 0 Å². The Labute approximate surface area is 174 Å². The van der Waals surface area contributed by atoms with Gasteiger partial charge in [-0.25, -0.2) is 14.2 Å². The van der Waals surface area contributed by atoms with Crippen molar-refractivity contribution < 1.29 is 19.4 Å². The molecule has 1 amide bonds. The Morgan fingerprint density at radius 3 is 2.52 bits per heavy atom. The van der Waals surface area contributed by atoms with E-state index in [0.717, 1.165) is 29.4 Å². The predicted octanol–water partition coefficient (Wildman–Crippen LogP) is 4.54. The van der Waals surface area contributed by atoms with Crippen molar-refractivity contribution in [2.45, 2.75) is 51.7 Å². The molecule has 1 saturated heterocycles. The molecule has 29 heavy (non-hydrogen) atoms. The molecule has 0 atom stereocenters. The molecule has 2 N–H and O–H groups in total. The molecule has 0 saturated carbocycles. The lowest BCUT2D eigenvalue weighted by atomic mass is 9.92. The lowest BCUT2D eigenvalue weighted by molar-refractivity contribution is -0.0248. The van der Waals surface area contributed by atoms with Gasteiger partial charge in [0.05, 0.1) is 10.6 Å². The summed E-state index contributed by atoms with van der Waals surface area (Å²) in [6, 6.07) is 4.51. The minimum atomic E-state index is -1.20. The lowest BCUT2D eigenvalue weighted by Gasteiger charge is -2.36. The highest BCUT2D eigenvalue weighted by Crippen LogP contribution is 2.39. The summed E-state index contributed by atoms with van der Waals surface area (Å²) in [5.74, 6) is -0.607. The normalized spacial score (nSPS) is 17.3. The number of aliphatic hydroxyl groups is 1. The summed E-state index contributed by atoms with van der Waals surface area (Å²) in [7, 11) is 0. The van der Waals surface area contributed by atoms with Gasteiger partial charge in [-0.3, -0.25) is 4.90 Å². The highest BCUT2D eigenvalue weighted by molar-refractivity contribution is 7.15. The van der Waals surface area contributed by atoms with Crippen LogP contribution in [0, 0.1) is 5.82 Å². The van der Waals surface area contributed by atoms with Crippen LogP contribution >= 0.6 is 11.3 Å². The van der Waals surface area contributed by atoms with Crippen molar-refractivity contribution >= 4 is 23.1 Å². The fourth-order valence-electron chi connectivity index (χ4n) is 3.67. The van der Waals surface area contributed by atoms with E-state index in [2.05, 4.69) is 16.8 Å². The molecule has 6 nitrogen and oxygen atoms in total. The summed E-state index contributed by atoms with van der Waals surface area (Å²) in [6.45, 7) is 9.87. The number of carboxylic acid groups (broad SMARTS) is 1. The van der Waals surface area contributed by atoms with Crippen LogP contribution < -0.4 is 4.90 Å². The Morgan fingerprint density at radius 2 is 2.00 bits per heavy atom. The molecular weight excluding hydrogens is 393 g/mol. The Kier molecular flexibility index (Phi) is 5.98. The van der Waals surface area contributed by atoms with Crippen LogP contribution in [0.4, 0.5) is 14.9 Å². The molecule has 158 valence electrons. The fraction of sp³-hybridized carbons (Fsp3) is 0.524. The molecule has 8 heteroatoms. The largest absolute Gasteiger partial charge is 0.465 e. The van der Waals surface area contributed by atoms with Gasteiger partial charge < -0.3 is 15.1 Å². The number of anilines is 1. The third-order valence-corrected chi connectivity index (χ3v) is 6.61. The first kappa shape index (κ1) is 21.7. The van der Waals surface area contributed by atoms with Crippen molar-refractivity contribution in [3.8, 4) is 10.4 Å². The van der Waals surface area contributed by atoms with Crippen molar-refractivity contribution in [3.05, 3.63) is 35.2 Å². The molecular formula is C21H28FN3O3S. The van der Waals surface area contributed by atoms with Gasteiger partial charge in [-0.05, 0) is 57.9 Å². The van der Waals surface area contributed by atoms with Crippen molar-refractivity contribution in [1.82, 2.24) is 9.88 Å². The second-order valence-corrected chi connectivity index (χ2v) is 9.48. The zero-order valence-corrected chi connectivity index (χ0v) is 18.1. The molecule has 0 bridgehead atoms. The minimum absolute atomic E-state index is 0.0176. The van der Waals surface area contributed by atoms with Crippen LogP contribution in [0.25, 0.3) is 10.4 Å². The number of hydrogen-bond acceptors (Lipinski definition) is 5. The van der Waals surface area contributed by atoms with Gasteiger partial charge in [0.25, 0.3) is 0 Å². The number of amides is 1. The van der Waals surface area contributed by atoms with Gasteiger partial charge in [0.2, 0.25) is 0 Å². The number of benzene rings is 1. The number of nitrogens with zero attached hydrogens (tertiary/aromatic N) is 3. The Morgan fingerprint density at radius 1 is 1.34 bits per heavy atom. The SMILES string of the molecule is CCN1CCC(O)(c2ncc(-c3ccc(N(C(=O)O)C(C)(C)C)c(F)c3)s2)CC1. The Bertz CT molecular complexity index is 886. The zero-order valence-electron chi connectivity index (χ0n) is 17.3. The summed E-state index contributed by atoms with van der Waals surface area (Å²) in [6.07, 6.45) is 1.70. The fourth-order valence-corrected chi connectivity index (χ4v) is 4.73. The van der Waals surface area contributed by atoms with Crippen LogP contribution in [0.15, 0.2) is 24.4 Å². The van der Waals surface area contributed by atoms with Crippen molar-refractivity contribution in [2.75, 3.05) is 24.5 Å². The summed E-state index contributed by atoms with van der Waals surface area (Å²) in [5, 5.41) is 21.2. The van der Waals surface area contributed by atoms with Gasteiger partial charge in [-0.2, -0.15) is 0 Å². The third kappa shape index (κ3) is 4.44. The van der Waals surface area contributed by atoms with Crippen molar-refractivity contribution in [3.63, 3.8) is 0 Å². The van der Waals surface area contributed by atoms with Gasteiger partial charge in [-0.15, -0.1) is 11.3 Å². The topological polar surface area (TPSA) is 76.9 Å². The molecule has 2 aromatic rings. The smallest absolute Gasteiger partial charge is 0.412 e. The Balaban J connectivity index is 1.86. The number of aromatic nitrogens is 1. The van der Waals surface area contributed by atoms with E-state index >= 15 is 0 Å². The first-order valence-corrected chi connectivity index (χ1v) is 10.6. The average molecular weight is 422 g/mol. The molecule has 3 rings (SSSR count). The van der Waals surface area contributed by atoms with Crippen LogP contribution in [0.3, 0.4) is 0 Å². The van der Waals surface area contributed by atoms with Crippen LogP contribution in [-0.4, -0.2) is 51.4 Å². The zero-order chi connectivity index (χ0) is 21.4. The van der Waals surface area contributed by atoms with Gasteiger partial charge >= 0.3 is 6.09 Å². The maximum Gasteiger partial charge on any atom is 0.412 e. The maximum absolute atomic E-state index is 14.8. The number of carbonyl (C=O) groups is 1. The van der Waals surface area contributed by atoms with E-state index < -0.39 is 23.1 Å². The molecule has 0 aliphatic carbocycles. The Hall–Kier alpha value is -2.03. The molecule has 0 unspecified atom stereocenters. The van der Waals surface area contributed by atoms with Crippen molar-refractivity contribution in [1.29, 1.82) is 0 Å². The minimum Gasteiger partial charge on any atom is -0.465 e. The standard InChI is InChI=1S/C21H28FN3O3S/c1-5-24-10-8-21(28,9-11-24)18-23-13-17(29-18)14-6-7-16(15(22)12-14)25(19(26)27)20(2,3)4/h6-7,12-13,28H,5,8-11H2,1-4H3,(H,26,27). The van der Waals surface area contributed by atoms with Gasteiger partial charge in [0, 0.05) is 24.8 Å². The highest BCUT2D eigenvalue weighted by atomic mass is 32.1. The molecule has 0 radical (unpaired) electrons. The van der Waals surface area contributed by atoms with E-state index in [1.54, 1.807) is 33.0 Å². The summed E-state index contributed by atoms with van der Waals surface area (Å²) < 4.78 is 14.8. The number of thiazole rings is 1.